The average molecular weight is 333 g/mol. The molecule has 1 unspecified atom stereocenters. The van der Waals surface area contributed by atoms with E-state index in [2.05, 4.69) is 5.32 Å². The highest BCUT2D eigenvalue weighted by molar-refractivity contribution is 6.32. The molecule has 1 amide bonds. The third-order valence-corrected chi connectivity index (χ3v) is 3.97. The Morgan fingerprint density at radius 3 is 2.83 bits per heavy atom. The van der Waals surface area contributed by atoms with Gasteiger partial charge in [0.15, 0.2) is 0 Å². The summed E-state index contributed by atoms with van der Waals surface area (Å²) >= 11 is 6.10. The van der Waals surface area contributed by atoms with E-state index in [-0.39, 0.29) is 17.3 Å². The number of para-hydroxylation sites is 2. The molecule has 1 aliphatic heterocycles. The standard InChI is InChI=1S/C16H13ClN2O4/c17-12-6-3-5-10-13(8-9-23-15(10)12)18-16(20)11-4-1-2-7-14(11)19(21)22/h1-7,13H,8-9H2,(H,18,20). The number of amides is 1. The van der Waals surface area contributed by atoms with Gasteiger partial charge in [-0.25, -0.2) is 0 Å². The number of nitrogens with zero attached hydrogens (tertiary/aromatic N) is 1. The molecule has 1 aliphatic rings. The van der Waals surface area contributed by atoms with Crippen LogP contribution in [-0.2, 0) is 0 Å². The molecule has 0 radical (unpaired) electrons. The Morgan fingerprint density at radius 1 is 1.26 bits per heavy atom. The zero-order valence-corrected chi connectivity index (χ0v) is 12.7. The summed E-state index contributed by atoms with van der Waals surface area (Å²) in [4.78, 5) is 22.9. The minimum atomic E-state index is -0.566. The van der Waals surface area contributed by atoms with Gasteiger partial charge in [0.1, 0.15) is 11.3 Å². The number of halogens is 1. The van der Waals surface area contributed by atoms with Crippen LogP contribution in [0.4, 0.5) is 5.69 Å². The van der Waals surface area contributed by atoms with Crippen LogP contribution in [0.5, 0.6) is 5.75 Å². The van der Waals surface area contributed by atoms with Gasteiger partial charge in [-0.05, 0) is 12.1 Å². The van der Waals surface area contributed by atoms with E-state index in [1.165, 1.54) is 18.2 Å². The lowest BCUT2D eigenvalue weighted by atomic mass is 10.00. The molecule has 2 aromatic rings. The number of hydrogen-bond acceptors (Lipinski definition) is 4. The Balaban J connectivity index is 1.88. The largest absolute Gasteiger partial charge is 0.492 e. The summed E-state index contributed by atoms with van der Waals surface area (Å²) in [6.07, 6.45) is 0.569. The lowest BCUT2D eigenvalue weighted by molar-refractivity contribution is -0.385. The molecule has 0 aliphatic carbocycles. The molecule has 118 valence electrons. The first-order valence-corrected chi connectivity index (χ1v) is 7.41. The van der Waals surface area contributed by atoms with Crippen LogP contribution in [0.1, 0.15) is 28.4 Å². The minimum absolute atomic E-state index is 0.0348. The molecule has 0 fully saturated rings. The molecule has 2 aromatic carbocycles. The van der Waals surface area contributed by atoms with Crippen LogP contribution < -0.4 is 10.1 Å². The van der Waals surface area contributed by atoms with E-state index in [0.717, 1.165) is 5.56 Å². The Labute approximate surface area is 137 Å². The molecule has 3 rings (SSSR count). The third kappa shape index (κ3) is 2.98. The molecule has 1 atom stereocenters. The Hall–Kier alpha value is -2.60. The molecular weight excluding hydrogens is 320 g/mol. The lowest BCUT2D eigenvalue weighted by Gasteiger charge is -2.27. The van der Waals surface area contributed by atoms with Crippen LogP contribution in [0.3, 0.4) is 0 Å². The van der Waals surface area contributed by atoms with Crippen LogP contribution in [0.15, 0.2) is 42.5 Å². The van der Waals surface area contributed by atoms with Gasteiger partial charge in [-0.2, -0.15) is 0 Å². The summed E-state index contributed by atoms with van der Waals surface area (Å²) in [5.74, 6) is 0.0587. The highest BCUT2D eigenvalue weighted by Gasteiger charge is 2.27. The van der Waals surface area contributed by atoms with E-state index >= 15 is 0 Å². The number of benzene rings is 2. The fraction of sp³-hybridized carbons (Fsp3) is 0.188. The highest BCUT2D eigenvalue weighted by atomic mass is 35.5. The van der Waals surface area contributed by atoms with Crippen molar-refractivity contribution in [2.45, 2.75) is 12.5 Å². The molecule has 0 spiro atoms. The van der Waals surface area contributed by atoms with Gasteiger partial charge < -0.3 is 10.1 Å². The monoisotopic (exact) mass is 332 g/mol. The van der Waals surface area contributed by atoms with Gasteiger partial charge in [-0.15, -0.1) is 0 Å². The molecule has 0 aromatic heterocycles. The number of nitrogens with one attached hydrogen (secondary N) is 1. The minimum Gasteiger partial charge on any atom is -0.492 e. The maximum absolute atomic E-state index is 12.4. The fourth-order valence-electron chi connectivity index (χ4n) is 2.60. The van der Waals surface area contributed by atoms with Crippen LogP contribution in [0.2, 0.25) is 5.02 Å². The van der Waals surface area contributed by atoms with Crippen LogP contribution >= 0.6 is 11.6 Å². The van der Waals surface area contributed by atoms with Gasteiger partial charge >= 0.3 is 0 Å². The van der Waals surface area contributed by atoms with E-state index in [0.29, 0.717) is 23.8 Å². The summed E-state index contributed by atoms with van der Waals surface area (Å²) in [6, 6.07) is 10.9. The molecule has 6 nitrogen and oxygen atoms in total. The van der Waals surface area contributed by atoms with E-state index < -0.39 is 10.8 Å². The van der Waals surface area contributed by atoms with Crippen molar-refractivity contribution in [2.75, 3.05) is 6.61 Å². The molecule has 1 heterocycles. The Morgan fingerprint density at radius 2 is 2.04 bits per heavy atom. The van der Waals surface area contributed by atoms with Crippen LogP contribution in [-0.4, -0.2) is 17.4 Å². The van der Waals surface area contributed by atoms with Crippen molar-refractivity contribution < 1.29 is 14.5 Å². The summed E-state index contributed by atoms with van der Waals surface area (Å²) in [5.41, 5.74) is 0.589. The molecular formula is C16H13ClN2O4. The first kappa shape index (κ1) is 15.3. The van der Waals surface area contributed by atoms with Crippen molar-refractivity contribution in [1.29, 1.82) is 0 Å². The van der Waals surface area contributed by atoms with Crippen LogP contribution in [0.25, 0.3) is 0 Å². The van der Waals surface area contributed by atoms with E-state index in [1.807, 2.05) is 6.07 Å². The Kier molecular flexibility index (Phi) is 4.16. The van der Waals surface area contributed by atoms with E-state index in [1.54, 1.807) is 18.2 Å². The van der Waals surface area contributed by atoms with Gasteiger partial charge in [0.2, 0.25) is 0 Å². The molecule has 23 heavy (non-hydrogen) atoms. The Bertz CT molecular complexity index is 778. The quantitative estimate of drug-likeness (QED) is 0.689. The lowest BCUT2D eigenvalue weighted by Crippen LogP contribution is -2.32. The van der Waals surface area contributed by atoms with Crippen molar-refractivity contribution in [3.05, 3.63) is 68.7 Å². The second kappa shape index (κ2) is 6.26. The SMILES string of the molecule is O=C(NC1CCOc2c(Cl)cccc21)c1ccccc1[N+](=O)[O-]. The van der Waals surface area contributed by atoms with Gasteiger partial charge in [0.25, 0.3) is 11.6 Å². The normalized spacial score (nSPS) is 16.1. The summed E-state index contributed by atoms with van der Waals surface area (Å²) in [7, 11) is 0. The number of rotatable bonds is 3. The van der Waals surface area contributed by atoms with Crippen molar-refractivity contribution >= 4 is 23.2 Å². The predicted molar refractivity (Wildman–Crippen MR) is 84.9 cm³/mol. The summed E-state index contributed by atoms with van der Waals surface area (Å²) in [5, 5.41) is 14.4. The molecule has 0 saturated heterocycles. The number of ether oxygens (including phenoxy) is 1. The first-order valence-electron chi connectivity index (χ1n) is 7.03. The van der Waals surface area contributed by atoms with Gasteiger partial charge in [-0.1, -0.05) is 35.9 Å². The summed E-state index contributed by atoms with van der Waals surface area (Å²) < 4.78 is 5.54. The highest BCUT2D eigenvalue weighted by Crippen LogP contribution is 2.37. The van der Waals surface area contributed by atoms with E-state index in [9.17, 15) is 14.9 Å². The zero-order valence-electron chi connectivity index (χ0n) is 12.0. The number of fused-ring (bicyclic) bond motifs is 1. The fourth-order valence-corrected chi connectivity index (χ4v) is 2.83. The first-order chi connectivity index (χ1) is 11.1. The average Bonchev–Trinajstić information content (AvgIpc) is 2.56. The number of nitro benzene ring substituents is 1. The molecule has 0 saturated carbocycles. The summed E-state index contributed by atoms with van der Waals surface area (Å²) in [6.45, 7) is 0.415. The van der Waals surface area contributed by atoms with Gasteiger partial charge in [-0.3, -0.25) is 14.9 Å². The smallest absolute Gasteiger partial charge is 0.282 e. The molecule has 0 bridgehead atoms. The van der Waals surface area contributed by atoms with Crippen molar-refractivity contribution in [1.82, 2.24) is 5.32 Å². The number of hydrogen-bond donors (Lipinski definition) is 1. The van der Waals surface area contributed by atoms with Gasteiger partial charge in [0, 0.05) is 18.1 Å². The maximum Gasteiger partial charge on any atom is 0.282 e. The van der Waals surface area contributed by atoms with E-state index in [4.69, 9.17) is 16.3 Å². The maximum atomic E-state index is 12.4. The second-order valence-electron chi connectivity index (χ2n) is 5.10. The number of nitro groups is 1. The van der Waals surface area contributed by atoms with Crippen molar-refractivity contribution in [2.24, 2.45) is 0 Å². The molecule has 1 N–H and O–H groups in total. The zero-order chi connectivity index (χ0) is 16.4. The second-order valence-corrected chi connectivity index (χ2v) is 5.50. The number of carbonyl (C=O) groups is 1. The van der Waals surface area contributed by atoms with Gasteiger partial charge in [0.05, 0.1) is 22.6 Å². The topological polar surface area (TPSA) is 81.5 Å². The van der Waals surface area contributed by atoms with Crippen LogP contribution in [0, 0.1) is 10.1 Å². The third-order valence-electron chi connectivity index (χ3n) is 3.68. The predicted octanol–water partition coefficient (Wildman–Crippen LogP) is 3.50. The molecule has 7 heteroatoms. The van der Waals surface area contributed by atoms with Crippen molar-refractivity contribution in [3.63, 3.8) is 0 Å². The number of carbonyl (C=O) groups excluding carboxylic acids is 1. The van der Waals surface area contributed by atoms with Crippen molar-refractivity contribution in [3.8, 4) is 5.75 Å².